The summed E-state index contributed by atoms with van der Waals surface area (Å²) < 4.78 is 12.9. The number of carbonyl (C=O) groups is 1. The molecule has 0 aliphatic rings. The maximum atomic E-state index is 12.9. The fraction of sp³-hybridized carbons (Fsp3) is 0.188. The smallest absolute Gasteiger partial charge is 0.241 e. The fourth-order valence-corrected chi connectivity index (χ4v) is 1.95. The number of nitrogens with one attached hydrogen (secondary N) is 1. The van der Waals surface area contributed by atoms with Crippen LogP contribution in [0.4, 0.5) is 4.39 Å². The highest BCUT2D eigenvalue weighted by Gasteiger charge is 2.18. The Morgan fingerprint density at radius 3 is 2.25 bits per heavy atom. The van der Waals surface area contributed by atoms with Gasteiger partial charge in [0, 0.05) is 0 Å². The molecular weight excluding hydrogens is 255 g/mol. The summed E-state index contributed by atoms with van der Waals surface area (Å²) in [4.78, 5) is 12.1. The summed E-state index contributed by atoms with van der Waals surface area (Å²) >= 11 is 0. The minimum Gasteiger partial charge on any atom is -0.348 e. The van der Waals surface area contributed by atoms with Crippen molar-refractivity contribution >= 4 is 5.91 Å². The highest BCUT2D eigenvalue weighted by molar-refractivity contribution is 5.83. The van der Waals surface area contributed by atoms with Gasteiger partial charge in [0.25, 0.3) is 0 Å². The van der Waals surface area contributed by atoms with Crippen LogP contribution >= 0.6 is 0 Å². The van der Waals surface area contributed by atoms with E-state index < -0.39 is 6.04 Å². The largest absolute Gasteiger partial charge is 0.348 e. The van der Waals surface area contributed by atoms with Crippen LogP contribution in [-0.2, 0) is 4.79 Å². The second kappa shape index (κ2) is 6.30. The zero-order valence-corrected chi connectivity index (χ0v) is 11.2. The Labute approximate surface area is 117 Å². The summed E-state index contributed by atoms with van der Waals surface area (Å²) in [6.45, 7) is 1.84. The number of benzene rings is 2. The van der Waals surface area contributed by atoms with Gasteiger partial charge in [-0.15, -0.1) is 0 Å². The van der Waals surface area contributed by atoms with Crippen LogP contribution in [0.25, 0.3) is 0 Å². The minimum atomic E-state index is -0.709. The molecule has 0 fully saturated rings. The summed E-state index contributed by atoms with van der Waals surface area (Å²) in [5, 5.41) is 2.83. The van der Waals surface area contributed by atoms with Crippen LogP contribution in [0.15, 0.2) is 54.6 Å². The van der Waals surface area contributed by atoms with E-state index in [2.05, 4.69) is 5.32 Å². The first-order valence-corrected chi connectivity index (χ1v) is 6.44. The Bertz CT molecular complexity index is 569. The molecule has 0 aliphatic heterocycles. The normalized spacial score (nSPS) is 13.6. The van der Waals surface area contributed by atoms with Crippen molar-refractivity contribution in [2.45, 2.75) is 19.0 Å². The van der Waals surface area contributed by atoms with Gasteiger partial charge in [-0.05, 0) is 30.2 Å². The third-order valence-corrected chi connectivity index (χ3v) is 3.17. The molecule has 2 aromatic carbocycles. The number of carbonyl (C=O) groups excluding carboxylic acids is 1. The van der Waals surface area contributed by atoms with Gasteiger partial charge < -0.3 is 11.1 Å². The number of nitrogens with two attached hydrogens (primary N) is 1. The molecule has 4 heteroatoms. The molecule has 3 nitrogen and oxygen atoms in total. The summed E-state index contributed by atoms with van der Waals surface area (Å²) in [5.74, 6) is -0.554. The van der Waals surface area contributed by atoms with Crippen molar-refractivity contribution < 1.29 is 9.18 Å². The van der Waals surface area contributed by atoms with Crippen molar-refractivity contribution in [2.24, 2.45) is 5.73 Å². The zero-order valence-electron chi connectivity index (χ0n) is 11.2. The SMILES string of the molecule is C[C@H](NC(=O)[C@@H](N)c1ccccc1)c1ccc(F)cc1. The van der Waals surface area contributed by atoms with Gasteiger partial charge in [0.15, 0.2) is 0 Å². The summed E-state index contributed by atoms with van der Waals surface area (Å²) in [6.07, 6.45) is 0. The third-order valence-electron chi connectivity index (χ3n) is 3.17. The van der Waals surface area contributed by atoms with Gasteiger partial charge in [-0.1, -0.05) is 42.5 Å². The number of hydrogen-bond acceptors (Lipinski definition) is 2. The van der Waals surface area contributed by atoms with Crippen molar-refractivity contribution in [1.82, 2.24) is 5.32 Å². The van der Waals surface area contributed by atoms with Crippen molar-refractivity contribution in [1.29, 1.82) is 0 Å². The van der Waals surface area contributed by atoms with Crippen molar-refractivity contribution in [3.63, 3.8) is 0 Å². The van der Waals surface area contributed by atoms with Gasteiger partial charge in [0.05, 0.1) is 6.04 Å². The van der Waals surface area contributed by atoms with Gasteiger partial charge >= 0.3 is 0 Å². The molecule has 2 atom stereocenters. The molecule has 3 N–H and O–H groups in total. The lowest BCUT2D eigenvalue weighted by molar-refractivity contribution is -0.123. The Morgan fingerprint density at radius 2 is 1.65 bits per heavy atom. The van der Waals surface area contributed by atoms with Gasteiger partial charge in [-0.2, -0.15) is 0 Å². The lowest BCUT2D eigenvalue weighted by Gasteiger charge is -2.18. The molecule has 1 amide bonds. The average molecular weight is 272 g/mol. The van der Waals surface area contributed by atoms with E-state index in [9.17, 15) is 9.18 Å². The van der Waals surface area contributed by atoms with Crippen molar-refractivity contribution in [2.75, 3.05) is 0 Å². The average Bonchev–Trinajstić information content (AvgIpc) is 2.48. The molecule has 104 valence electrons. The van der Waals surface area contributed by atoms with Crippen molar-refractivity contribution in [3.05, 3.63) is 71.5 Å². The maximum Gasteiger partial charge on any atom is 0.241 e. The monoisotopic (exact) mass is 272 g/mol. The maximum absolute atomic E-state index is 12.9. The van der Waals surface area contributed by atoms with Crippen LogP contribution in [0.1, 0.15) is 30.1 Å². The zero-order chi connectivity index (χ0) is 14.5. The van der Waals surface area contributed by atoms with Gasteiger partial charge in [0.1, 0.15) is 11.9 Å². The second-order valence-electron chi connectivity index (χ2n) is 4.67. The molecule has 0 aromatic heterocycles. The first-order chi connectivity index (χ1) is 9.58. The number of rotatable bonds is 4. The molecule has 0 saturated heterocycles. The summed E-state index contributed by atoms with van der Waals surface area (Å²) in [6, 6.07) is 14.3. The molecule has 20 heavy (non-hydrogen) atoms. The molecule has 0 unspecified atom stereocenters. The highest BCUT2D eigenvalue weighted by Crippen LogP contribution is 2.15. The molecule has 0 saturated carbocycles. The first-order valence-electron chi connectivity index (χ1n) is 6.44. The first kappa shape index (κ1) is 14.2. The van der Waals surface area contributed by atoms with E-state index in [0.717, 1.165) is 11.1 Å². The minimum absolute atomic E-state index is 0.224. The van der Waals surface area contributed by atoms with Gasteiger partial charge in [-0.3, -0.25) is 4.79 Å². The van der Waals surface area contributed by atoms with E-state index in [4.69, 9.17) is 5.73 Å². The van der Waals surface area contributed by atoms with E-state index in [1.807, 2.05) is 37.3 Å². The molecule has 0 spiro atoms. The molecule has 0 radical (unpaired) electrons. The lowest BCUT2D eigenvalue weighted by atomic mass is 10.1. The Kier molecular flexibility index (Phi) is 4.48. The molecule has 0 aliphatic carbocycles. The van der Waals surface area contributed by atoms with Gasteiger partial charge in [-0.25, -0.2) is 4.39 Å². The van der Waals surface area contributed by atoms with E-state index >= 15 is 0 Å². The molecular formula is C16H17FN2O. The van der Waals surface area contributed by atoms with E-state index in [-0.39, 0.29) is 17.8 Å². The van der Waals surface area contributed by atoms with E-state index in [1.54, 1.807) is 12.1 Å². The number of halogens is 1. The Hall–Kier alpha value is -2.20. The summed E-state index contributed by atoms with van der Waals surface area (Å²) in [5.41, 5.74) is 7.51. The lowest BCUT2D eigenvalue weighted by Crippen LogP contribution is -2.35. The van der Waals surface area contributed by atoms with Crippen LogP contribution in [-0.4, -0.2) is 5.91 Å². The van der Waals surface area contributed by atoms with Gasteiger partial charge in [0.2, 0.25) is 5.91 Å². The molecule has 0 bridgehead atoms. The Balaban J connectivity index is 2.02. The predicted octanol–water partition coefficient (Wildman–Crippen LogP) is 2.70. The predicted molar refractivity (Wildman–Crippen MR) is 76.3 cm³/mol. The van der Waals surface area contributed by atoms with Crippen LogP contribution in [0.2, 0.25) is 0 Å². The van der Waals surface area contributed by atoms with Crippen LogP contribution in [0.3, 0.4) is 0 Å². The number of hydrogen-bond donors (Lipinski definition) is 2. The fourth-order valence-electron chi connectivity index (χ4n) is 1.95. The topological polar surface area (TPSA) is 55.1 Å². The van der Waals surface area contributed by atoms with Crippen LogP contribution < -0.4 is 11.1 Å². The van der Waals surface area contributed by atoms with E-state index in [1.165, 1.54) is 12.1 Å². The third kappa shape index (κ3) is 3.42. The second-order valence-corrected chi connectivity index (χ2v) is 4.67. The molecule has 2 rings (SSSR count). The highest BCUT2D eigenvalue weighted by atomic mass is 19.1. The number of amides is 1. The van der Waals surface area contributed by atoms with E-state index in [0.29, 0.717) is 0 Å². The van der Waals surface area contributed by atoms with Crippen LogP contribution in [0, 0.1) is 5.82 Å². The summed E-state index contributed by atoms with van der Waals surface area (Å²) in [7, 11) is 0. The van der Waals surface area contributed by atoms with Crippen LogP contribution in [0.5, 0.6) is 0 Å². The molecule has 2 aromatic rings. The molecule has 0 heterocycles. The van der Waals surface area contributed by atoms with Crippen molar-refractivity contribution in [3.8, 4) is 0 Å². The Morgan fingerprint density at radius 1 is 1.05 bits per heavy atom. The standard InChI is InChI=1S/C16H17FN2O/c1-11(12-7-9-14(17)10-8-12)19-16(20)15(18)13-5-3-2-4-6-13/h2-11,15H,18H2,1H3,(H,19,20)/t11-,15-/m0/s1. The quantitative estimate of drug-likeness (QED) is 0.899.